The Kier molecular flexibility index (Phi) is 5.41. The van der Waals surface area contributed by atoms with Gasteiger partial charge in [0.15, 0.2) is 0 Å². The molecule has 1 heterocycles. The van der Waals surface area contributed by atoms with E-state index < -0.39 is 17.6 Å². The molecule has 0 saturated heterocycles. The summed E-state index contributed by atoms with van der Waals surface area (Å²) in [5.41, 5.74) is 6.94. The number of nitrogens with zero attached hydrogens (tertiary/aromatic N) is 2. The van der Waals surface area contributed by atoms with Gasteiger partial charge < -0.3 is 5.73 Å². The molecule has 0 bridgehead atoms. The van der Waals surface area contributed by atoms with E-state index in [0.29, 0.717) is 16.3 Å². The molecule has 1 aliphatic carbocycles. The predicted octanol–water partition coefficient (Wildman–Crippen LogP) is 4.25. The van der Waals surface area contributed by atoms with Crippen molar-refractivity contribution < 1.29 is 9.59 Å². The van der Waals surface area contributed by atoms with Crippen molar-refractivity contribution in [2.45, 2.75) is 50.2 Å². The molecule has 2 N–H and O–H groups in total. The lowest BCUT2D eigenvalue weighted by molar-refractivity contribution is -0.140. The Hall–Kier alpha value is -2.66. The van der Waals surface area contributed by atoms with E-state index >= 15 is 0 Å². The quantitative estimate of drug-likeness (QED) is 0.819. The van der Waals surface area contributed by atoms with Crippen molar-refractivity contribution in [3.05, 3.63) is 70.7 Å². The Labute approximate surface area is 175 Å². The summed E-state index contributed by atoms with van der Waals surface area (Å²) in [4.78, 5) is 32.9. The number of nitrogens with two attached hydrogens (primary N) is 1. The van der Waals surface area contributed by atoms with E-state index in [2.05, 4.69) is 0 Å². The topological polar surface area (TPSA) is 75.8 Å². The summed E-state index contributed by atoms with van der Waals surface area (Å²) < 4.78 is 0. The van der Waals surface area contributed by atoms with E-state index in [1.165, 1.54) is 0 Å². The van der Waals surface area contributed by atoms with E-state index in [1.54, 1.807) is 29.2 Å². The number of rotatable bonds is 4. The van der Waals surface area contributed by atoms with Gasteiger partial charge in [0.25, 0.3) is 5.91 Å². The SMILES string of the molecule is NC(=O)C(c1ccc(Cl)cc1)N1C(=O)C(c2ccccc2)=NC12CCCCCC2. The highest BCUT2D eigenvalue weighted by atomic mass is 35.5. The van der Waals surface area contributed by atoms with Gasteiger partial charge >= 0.3 is 0 Å². The highest BCUT2D eigenvalue weighted by Gasteiger charge is 2.51. The first-order valence-corrected chi connectivity index (χ1v) is 10.4. The molecule has 2 amide bonds. The third-order valence-electron chi connectivity index (χ3n) is 5.85. The largest absolute Gasteiger partial charge is 0.368 e. The van der Waals surface area contributed by atoms with Gasteiger partial charge in [-0.3, -0.25) is 19.5 Å². The van der Waals surface area contributed by atoms with Gasteiger partial charge in [-0.05, 0) is 43.4 Å². The Bertz CT molecular complexity index is 932. The number of halogens is 1. The number of aliphatic imine (C=N–C) groups is 1. The van der Waals surface area contributed by atoms with E-state index in [-0.39, 0.29) is 5.91 Å². The number of hydrogen-bond acceptors (Lipinski definition) is 3. The normalized spacial score (nSPS) is 19.7. The molecule has 1 aliphatic heterocycles. The van der Waals surface area contributed by atoms with Gasteiger partial charge in [-0.25, -0.2) is 0 Å². The second-order valence-corrected chi connectivity index (χ2v) is 8.19. The van der Waals surface area contributed by atoms with Crippen LogP contribution >= 0.6 is 11.6 Å². The summed E-state index contributed by atoms with van der Waals surface area (Å²) in [6, 6.07) is 15.5. The molecule has 6 heteroatoms. The molecule has 2 aliphatic rings. The highest BCUT2D eigenvalue weighted by Crippen LogP contribution is 2.43. The van der Waals surface area contributed by atoms with Crippen LogP contribution in [0.1, 0.15) is 55.7 Å². The fourth-order valence-electron chi connectivity index (χ4n) is 4.49. The molecule has 2 aromatic rings. The van der Waals surface area contributed by atoms with Crippen LogP contribution in [0.4, 0.5) is 0 Å². The second kappa shape index (κ2) is 7.99. The lowest BCUT2D eigenvalue weighted by Gasteiger charge is -2.40. The number of carbonyl (C=O) groups excluding carboxylic acids is 2. The lowest BCUT2D eigenvalue weighted by atomic mass is 9.94. The predicted molar refractivity (Wildman–Crippen MR) is 114 cm³/mol. The van der Waals surface area contributed by atoms with Crippen molar-refractivity contribution in [2.75, 3.05) is 0 Å². The van der Waals surface area contributed by atoms with Gasteiger partial charge in [-0.2, -0.15) is 0 Å². The zero-order valence-corrected chi connectivity index (χ0v) is 16.9. The molecule has 0 radical (unpaired) electrons. The maximum absolute atomic E-state index is 13.6. The van der Waals surface area contributed by atoms with Crippen LogP contribution in [-0.4, -0.2) is 28.1 Å². The highest BCUT2D eigenvalue weighted by molar-refractivity contribution is 6.47. The second-order valence-electron chi connectivity index (χ2n) is 7.75. The van der Waals surface area contributed by atoms with Gasteiger partial charge in [0.2, 0.25) is 5.91 Å². The molecular weight excluding hydrogens is 386 g/mol. The van der Waals surface area contributed by atoms with Gasteiger partial charge in [-0.15, -0.1) is 0 Å². The Balaban J connectivity index is 1.83. The number of benzene rings is 2. The molecule has 1 spiro atoms. The molecular formula is C23H24ClN3O2. The molecule has 1 saturated carbocycles. The van der Waals surface area contributed by atoms with Crippen LogP contribution in [0.3, 0.4) is 0 Å². The first-order valence-electron chi connectivity index (χ1n) is 10.1. The maximum Gasteiger partial charge on any atom is 0.275 e. The van der Waals surface area contributed by atoms with Crippen molar-refractivity contribution in [2.24, 2.45) is 10.7 Å². The Morgan fingerprint density at radius 3 is 2.21 bits per heavy atom. The third-order valence-corrected chi connectivity index (χ3v) is 6.11. The van der Waals surface area contributed by atoms with E-state index in [4.69, 9.17) is 22.3 Å². The first kappa shape index (κ1) is 19.6. The molecule has 1 atom stereocenters. The van der Waals surface area contributed by atoms with Crippen molar-refractivity contribution >= 4 is 29.1 Å². The van der Waals surface area contributed by atoms with Gasteiger partial charge in [0.1, 0.15) is 17.4 Å². The Morgan fingerprint density at radius 1 is 1.00 bits per heavy atom. The molecule has 1 fully saturated rings. The van der Waals surface area contributed by atoms with Crippen LogP contribution in [0.15, 0.2) is 59.6 Å². The van der Waals surface area contributed by atoms with Crippen LogP contribution in [0.25, 0.3) is 0 Å². The Morgan fingerprint density at radius 2 is 1.62 bits per heavy atom. The molecule has 150 valence electrons. The number of amides is 2. The van der Waals surface area contributed by atoms with Gasteiger partial charge in [0.05, 0.1) is 0 Å². The minimum atomic E-state index is -0.886. The van der Waals surface area contributed by atoms with Gasteiger partial charge in [-0.1, -0.05) is 66.9 Å². The summed E-state index contributed by atoms with van der Waals surface area (Å²) in [6.45, 7) is 0. The maximum atomic E-state index is 13.6. The van der Waals surface area contributed by atoms with Crippen LogP contribution in [-0.2, 0) is 9.59 Å². The van der Waals surface area contributed by atoms with E-state index in [9.17, 15) is 9.59 Å². The fourth-order valence-corrected chi connectivity index (χ4v) is 4.61. The summed E-state index contributed by atoms with van der Waals surface area (Å²) >= 11 is 6.03. The average molecular weight is 410 g/mol. The number of hydrogen-bond donors (Lipinski definition) is 1. The molecule has 1 unspecified atom stereocenters. The third kappa shape index (κ3) is 3.67. The molecule has 4 rings (SSSR count). The lowest BCUT2D eigenvalue weighted by Crippen LogP contribution is -2.52. The smallest absolute Gasteiger partial charge is 0.275 e. The molecule has 29 heavy (non-hydrogen) atoms. The van der Waals surface area contributed by atoms with Crippen molar-refractivity contribution in [1.82, 2.24) is 4.90 Å². The standard InChI is InChI=1S/C23H24ClN3O2/c24-18-12-10-17(11-13-18)20(21(25)28)27-22(29)19(16-8-4-3-5-9-16)26-23(27)14-6-1-2-7-15-23/h3-5,8-13,20H,1-2,6-7,14-15H2,(H2,25,28). The summed E-state index contributed by atoms with van der Waals surface area (Å²) in [5, 5.41) is 0.565. The van der Waals surface area contributed by atoms with E-state index in [1.807, 2.05) is 30.3 Å². The average Bonchev–Trinajstić information content (AvgIpc) is 2.86. The van der Waals surface area contributed by atoms with Crippen LogP contribution in [0, 0.1) is 0 Å². The van der Waals surface area contributed by atoms with Crippen LogP contribution < -0.4 is 5.73 Å². The molecule has 0 aromatic heterocycles. The molecule has 2 aromatic carbocycles. The summed E-state index contributed by atoms with van der Waals surface area (Å²) in [7, 11) is 0. The summed E-state index contributed by atoms with van der Waals surface area (Å²) in [5.74, 6) is -0.800. The first-order chi connectivity index (χ1) is 14.0. The summed E-state index contributed by atoms with van der Waals surface area (Å²) in [6.07, 6.45) is 5.58. The van der Waals surface area contributed by atoms with Crippen LogP contribution in [0.5, 0.6) is 0 Å². The van der Waals surface area contributed by atoms with E-state index in [0.717, 1.165) is 44.1 Å². The monoisotopic (exact) mass is 409 g/mol. The molecule has 5 nitrogen and oxygen atoms in total. The van der Waals surface area contributed by atoms with Crippen molar-refractivity contribution in [1.29, 1.82) is 0 Å². The zero-order valence-electron chi connectivity index (χ0n) is 16.2. The zero-order chi connectivity index (χ0) is 20.4. The number of primary amides is 1. The van der Waals surface area contributed by atoms with Gasteiger partial charge in [0, 0.05) is 10.6 Å². The van der Waals surface area contributed by atoms with Crippen molar-refractivity contribution in [3.63, 3.8) is 0 Å². The number of carbonyl (C=O) groups is 2. The minimum Gasteiger partial charge on any atom is -0.368 e. The minimum absolute atomic E-state index is 0.239. The van der Waals surface area contributed by atoms with Crippen molar-refractivity contribution in [3.8, 4) is 0 Å². The van der Waals surface area contributed by atoms with Crippen LogP contribution in [0.2, 0.25) is 5.02 Å². The fraction of sp³-hybridized carbons (Fsp3) is 0.348.